The molecule has 0 fully saturated rings. The van der Waals surface area contributed by atoms with E-state index in [2.05, 4.69) is 9.97 Å². The Bertz CT molecular complexity index is 1290. The van der Waals surface area contributed by atoms with Crippen LogP contribution in [0, 0.1) is 5.82 Å². The molecule has 1 aliphatic heterocycles. The molecule has 2 aromatic heterocycles. The molecule has 1 aromatic carbocycles. The number of ether oxygens (including phenoxy) is 1. The van der Waals surface area contributed by atoms with Gasteiger partial charge in [0.2, 0.25) is 0 Å². The van der Waals surface area contributed by atoms with E-state index in [1.807, 2.05) is 13.1 Å². The SMILES string of the molecule is CC(C)Oc1c(C(C)C2=Cn3cnc(N)c3N(Cl)C2)cc(Cl)c(F)c1-c1ccc(C(F)(F)F)nc1. The van der Waals surface area contributed by atoms with Gasteiger partial charge in [-0.15, -0.1) is 0 Å². The first-order valence-electron chi connectivity index (χ1n) is 10.6. The number of halogens is 6. The minimum atomic E-state index is -4.63. The predicted octanol–water partition coefficient (Wildman–Crippen LogP) is 6.74. The normalized spacial score (nSPS) is 14.7. The van der Waals surface area contributed by atoms with E-state index < -0.39 is 17.7 Å². The molecule has 186 valence electrons. The Morgan fingerprint density at radius 3 is 2.49 bits per heavy atom. The van der Waals surface area contributed by atoms with Crippen LogP contribution in [0.25, 0.3) is 17.3 Å². The summed E-state index contributed by atoms with van der Waals surface area (Å²) >= 11 is 12.7. The van der Waals surface area contributed by atoms with Crippen molar-refractivity contribution >= 4 is 41.2 Å². The number of nitrogen functional groups attached to an aromatic ring is 1. The molecule has 1 atom stereocenters. The van der Waals surface area contributed by atoms with Crippen molar-refractivity contribution in [2.75, 3.05) is 16.7 Å². The molecule has 3 heterocycles. The van der Waals surface area contributed by atoms with Gasteiger partial charge in [-0.3, -0.25) is 14.0 Å². The zero-order chi connectivity index (χ0) is 25.7. The lowest BCUT2D eigenvalue weighted by atomic mass is 9.89. The van der Waals surface area contributed by atoms with Crippen molar-refractivity contribution in [2.24, 2.45) is 0 Å². The topological polar surface area (TPSA) is 69.2 Å². The van der Waals surface area contributed by atoms with E-state index in [0.29, 0.717) is 11.4 Å². The molecule has 1 unspecified atom stereocenters. The lowest BCUT2D eigenvalue weighted by Gasteiger charge is -2.29. The van der Waals surface area contributed by atoms with E-state index in [1.165, 1.54) is 16.8 Å². The van der Waals surface area contributed by atoms with Crippen LogP contribution < -0.4 is 14.9 Å². The van der Waals surface area contributed by atoms with Crippen LogP contribution in [0.5, 0.6) is 5.75 Å². The lowest BCUT2D eigenvalue weighted by Crippen LogP contribution is -2.24. The van der Waals surface area contributed by atoms with Crippen molar-refractivity contribution in [3.63, 3.8) is 0 Å². The minimum absolute atomic E-state index is 0.0685. The first-order valence-corrected chi connectivity index (χ1v) is 11.3. The molecule has 0 saturated heterocycles. The standard InChI is InChI=1S/C23H21Cl2F4N5O/c1-11(2)35-20-15(12(3)14-8-33-10-32-21(30)22(33)34(25)9-14)6-16(24)19(26)18(20)13-4-5-17(31-7-13)23(27,28)29/h4-8,10-12H,9,30H2,1-3H3. The smallest absolute Gasteiger partial charge is 0.433 e. The number of aromatic nitrogens is 3. The fourth-order valence-corrected chi connectivity index (χ4v) is 4.42. The fourth-order valence-electron chi connectivity index (χ4n) is 3.90. The third kappa shape index (κ3) is 4.77. The molecule has 2 N–H and O–H groups in total. The van der Waals surface area contributed by atoms with Crippen LogP contribution in [-0.4, -0.2) is 27.2 Å². The van der Waals surface area contributed by atoms with Crippen molar-refractivity contribution in [3.05, 3.63) is 58.4 Å². The number of anilines is 2. The molecular formula is C23H21Cl2F4N5O. The van der Waals surface area contributed by atoms with Gasteiger partial charge in [-0.05, 0) is 31.6 Å². The van der Waals surface area contributed by atoms with Gasteiger partial charge in [0.15, 0.2) is 17.5 Å². The molecule has 0 aliphatic carbocycles. The van der Waals surface area contributed by atoms with E-state index in [-0.39, 0.29) is 46.3 Å². The van der Waals surface area contributed by atoms with Gasteiger partial charge in [0, 0.05) is 41.2 Å². The molecular weight excluding hydrogens is 509 g/mol. The maximum Gasteiger partial charge on any atom is 0.433 e. The average Bonchev–Trinajstić information content (AvgIpc) is 3.16. The van der Waals surface area contributed by atoms with Crippen LogP contribution in [0.15, 0.2) is 36.3 Å². The van der Waals surface area contributed by atoms with Gasteiger partial charge < -0.3 is 10.5 Å². The van der Waals surface area contributed by atoms with Crippen LogP contribution >= 0.6 is 23.4 Å². The van der Waals surface area contributed by atoms with E-state index in [1.54, 1.807) is 18.4 Å². The van der Waals surface area contributed by atoms with Crippen molar-refractivity contribution in [2.45, 2.75) is 39.0 Å². The highest BCUT2D eigenvalue weighted by Crippen LogP contribution is 2.45. The third-order valence-electron chi connectivity index (χ3n) is 5.57. The molecule has 0 bridgehead atoms. The van der Waals surface area contributed by atoms with E-state index >= 15 is 4.39 Å². The Balaban J connectivity index is 1.87. The summed E-state index contributed by atoms with van der Waals surface area (Å²) in [4.78, 5) is 7.53. The molecule has 0 radical (unpaired) electrons. The quantitative estimate of drug-likeness (QED) is 0.292. The highest BCUT2D eigenvalue weighted by molar-refractivity contribution is 6.31. The van der Waals surface area contributed by atoms with Gasteiger partial charge in [0.1, 0.15) is 17.8 Å². The highest BCUT2D eigenvalue weighted by atomic mass is 35.5. The summed E-state index contributed by atoms with van der Waals surface area (Å²) in [5, 5.41) is -0.204. The lowest BCUT2D eigenvalue weighted by molar-refractivity contribution is -0.141. The highest BCUT2D eigenvalue weighted by Gasteiger charge is 2.33. The summed E-state index contributed by atoms with van der Waals surface area (Å²) in [6.45, 7) is 5.67. The molecule has 3 aromatic rings. The number of alkyl halides is 3. The summed E-state index contributed by atoms with van der Waals surface area (Å²) in [6, 6.07) is 3.39. The Labute approximate surface area is 209 Å². The summed E-state index contributed by atoms with van der Waals surface area (Å²) in [5.74, 6) is -0.236. The molecule has 0 saturated carbocycles. The number of nitrogens with two attached hydrogens (primary N) is 1. The van der Waals surface area contributed by atoms with Crippen molar-refractivity contribution in [1.29, 1.82) is 0 Å². The van der Waals surface area contributed by atoms with Crippen molar-refractivity contribution in [1.82, 2.24) is 14.5 Å². The number of nitrogens with zero attached hydrogens (tertiary/aromatic N) is 4. The minimum Gasteiger partial charge on any atom is -0.490 e. The molecule has 4 rings (SSSR count). The van der Waals surface area contributed by atoms with Crippen LogP contribution in [-0.2, 0) is 6.18 Å². The van der Waals surface area contributed by atoms with Crippen LogP contribution in [0.4, 0.5) is 29.2 Å². The maximum atomic E-state index is 15.3. The number of imidazole rings is 1. The molecule has 6 nitrogen and oxygen atoms in total. The zero-order valence-corrected chi connectivity index (χ0v) is 20.4. The number of benzene rings is 1. The van der Waals surface area contributed by atoms with Gasteiger partial charge >= 0.3 is 6.18 Å². The molecule has 1 aliphatic rings. The van der Waals surface area contributed by atoms with Crippen molar-refractivity contribution in [3.8, 4) is 16.9 Å². The predicted molar refractivity (Wildman–Crippen MR) is 128 cm³/mol. The molecule has 35 heavy (non-hydrogen) atoms. The van der Waals surface area contributed by atoms with Gasteiger partial charge in [-0.1, -0.05) is 24.6 Å². The van der Waals surface area contributed by atoms with Crippen LogP contribution in [0.1, 0.15) is 37.9 Å². The van der Waals surface area contributed by atoms with Gasteiger partial charge in [-0.25, -0.2) is 9.37 Å². The molecule has 0 amide bonds. The van der Waals surface area contributed by atoms with Gasteiger partial charge in [0.05, 0.1) is 23.2 Å². The van der Waals surface area contributed by atoms with E-state index in [4.69, 9.17) is 33.8 Å². The van der Waals surface area contributed by atoms with Crippen molar-refractivity contribution < 1.29 is 22.3 Å². The van der Waals surface area contributed by atoms with E-state index in [0.717, 1.165) is 23.9 Å². The largest absolute Gasteiger partial charge is 0.490 e. The summed E-state index contributed by atoms with van der Waals surface area (Å²) in [7, 11) is 0. The van der Waals surface area contributed by atoms with Crippen LogP contribution in [0.2, 0.25) is 5.02 Å². The number of fused-ring (bicyclic) bond motifs is 1. The average molecular weight is 530 g/mol. The number of pyridine rings is 1. The van der Waals surface area contributed by atoms with Gasteiger partial charge in [0.25, 0.3) is 0 Å². The van der Waals surface area contributed by atoms with Crippen LogP contribution in [0.3, 0.4) is 0 Å². The number of hydrogen-bond acceptors (Lipinski definition) is 5. The Morgan fingerprint density at radius 1 is 1.17 bits per heavy atom. The summed E-state index contributed by atoms with van der Waals surface area (Å²) in [5.41, 5.74) is 6.17. The zero-order valence-electron chi connectivity index (χ0n) is 18.9. The second kappa shape index (κ2) is 9.23. The first-order chi connectivity index (χ1) is 16.4. The third-order valence-corrected chi connectivity index (χ3v) is 6.13. The molecule has 12 heteroatoms. The summed E-state index contributed by atoms with van der Waals surface area (Å²) in [6.07, 6.45) is -0.696. The monoisotopic (exact) mass is 529 g/mol. The van der Waals surface area contributed by atoms with Gasteiger partial charge in [-0.2, -0.15) is 13.2 Å². The van der Waals surface area contributed by atoms with E-state index in [9.17, 15) is 13.2 Å². The fraction of sp³-hybridized carbons (Fsp3) is 0.304. The molecule has 0 spiro atoms. The Hall–Kier alpha value is -2.98. The second-order valence-electron chi connectivity index (χ2n) is 8.37. The number of hydrogen-bond donors (Lipinski definition) is 1. The number of rotatable bonds is 5. The summed E-state index contributed by atoms with van der Waals surface area (Å²) < 4.78 is 63.5. The Kier molecular flexibility index (Phi) is 6.63. The maximum absolute atomic E-state index is 15.3. The first kappa shape index (κ1) is 25.1. The second-order valence-corrected chi connectivity index (χ2v) is 9.18. The Morgan fingerprint density at radius 2 is 1.89 bits per heavy atom.